The zero-order chi connectivity index (χ0) is 10.8. The van der Waals surface area contributed by atoms with Crippen LogP contribution in [0.1, 0.15) is 6.92 Å². The summed E-state index contributed by atoms with van der Waals surface area (Å²) in [5.74, 6) is -0.262. The van der Waals surface area contributed by atoms with Gasteiger partial charge in [-0.1, -0.05) is 0 Å². The topological polar surface area (TPSA) is 24.9 Å². The van der Waals surface area contributed by atoms with Crippen LogP contribution in [0.15, 0.2) is 28.9 Å². The molecule has 0 saturated heterocycles. The normalized spacial score (nSPS) is 10.6. The Balaban J connectivity index is 2.73. The smallest absolute Gasteiger partial charge is 0.125 e. The average Bonchev–Trinajstić information content (AvgIpc) is 2.19. The van der Waals surface area contributed by atoms with E-state index in [0.717, 1.165) is 23.1 Å². The Morgan fingerprint density at radius 1 is 1.47 bits per heavy atom. The van der Waals surface area contributed by atoms with Crippen molar-refractivity contribution in [2.45, 2.75) is 6.92 Å². The minimum atomic E-state index is -0.262. The summed E-state index contributed by atoms with van der Waals surface area (Å²) in [5.41, 5.74) is 1.68. The molecule has 1 N–H and O–H groups in total. The standard InChI is InChI=1S/C11H10BrFN2/c1-2-14-10-3-4-15-11-8(10)5-7(13)6-9(11)12/h3-6H,2H2,1H3,(H,14,15). The first-order valence-electron chi connectivity index (χ1n) is 4.70. The van der Waals surface area contributed by atoms with Gasteiger partial charge >= 0.3 is 0 Å². The highest BCUT2D eigenvalue weighted by Crippen LogP contribution is 2.28. The first kappa shape index (κ1) is 10.4. The molecule has 0 saturated carbocycles. The summed E-state index contributed by atoms with van der Waals surface area (Å²) in [6, 6.07) is 4.76. The summed E-state index contributed by atoms with van der Waals surface area (Å²) >= 11 is 3.30. The second-order valence-electron chi connectivity index (χ2n) is 3.17. The van der Waals surface area contributed by atoms with Gasteiger partial charge in [-0.25, -0.2) is 4.39 Å². The molecule has 15 heavy (non-hydrogen) atoms. The van der Waals surface area contributed by atoms with Crippen LogP contribution in [0.3, 0.4) is 0 Å². The molecule has 4 heteroatoms. The molecule has 2 nitrogen and oxygen atoms in total. The number of nitrogens with zero attached hydrogens (tertiary/aromatic N) is 1. The highest BCUT2D eigenvalue weighted by atomic mass is 79.9. The summed E-state index contributed by atoms with van der Waals surface area (Å²) in [5, 5.41) is 3.97. The van der Waals surface area contributed by atoms with E-state index in [1.54, 1.807) is 6.20 Å². The second kappa shape index (κ2) is 4.14. The fraction of sp³-hybridized carbons (Fsp3) is 0.182. The number of anilines is 1. The lowest BCUT2D eigenvalue weighted by molar-refractivity contribution is 0.629. The van der Waals surface area contributed by atoms with E-state index < -0.39 is 0 Å². The molecule has 0 unspecified atom stereocenters. The molecule has 0 fully saturated rings. The Bertz CT molecular complexity index is 499. The van der Waals surface area contributed by atoms with Crippen LogP contribution in [0.25, 0.3) is 10.9 Å². The Kier molecular flexibility index (Phi) is 2.86. The van der Waals surface area contributed by atoms with Gasteiger partial charge in [-0.15, -0.1) is 0 Å². The molecule has 78 valence electrons. The summed E-state index contributed by atoms with van der Waals surface area (Å²) in [7, 11) is 0. The van der Waals surface area contributed by atoms with E-state index in [2.05, 4.69) is 26.2 Å². The van der Waals surface area contributed by atoms with Crippen molar-refractivity contribution in [2.24, 2.45) is 0 Å². The maximum Gasteiger partial charge on any atom is 0.125 e. The Morgan fingerprint density at radius 3 is 3.00 bits per heavy atom. The van der Waals surface area contributed by atoms with Crippen molar-refractivity contribution in [3.8, 4) is 0 Å². The fourth-order valence-corrected chi connectivity index (χ4v) is 2.06. The zero-order valence-electron chi connectivity index (χ0n) is 8.22. The number of aromatic nitrogens is 1. The van der Waals surface area contributed by atoms with Gasteiger partial charge in [-0.3, -0.25) is 4.98 Å². The highest BCUT2D eigenvalue weighted by molar-refractivity contribution is 9.10. The molecule has 1 heterocycles. The van der Waals surface area contributed by atoms with Crippen LogP contribution in [0.5, 0.6) is 0 Å². The van der Waals surface area contributed by atoms with Gasteiger partial charge in [0.15, 0.2) is 0 Å². The molecule has 0 spiro atoms. The van der Waals surface area contributed by atoms with E-state index in [4.69, 9.17) is 0 Å². The second-order valence-corrected chi connectivity index (χ2v) is 4.03. The molecule has 0 aliphatic heterocycles. The zero-order valence-corrected chi connectivity index (χ0v) is 9.81. The van der Waals surface area contributed by atoms with Gasteiger partial charge in [0, 0.05) is 28.3 Å². The Morgan fingerprint density at radius 2 is 2.27 bits per heavy atom. The van der Waals surface area contributed by atoms with Crippen LogP contribution in [0.4, 0.5) is 10.1 Å². The number of halogens is 2. The van der Waals surface area contributed by atoms with Crippen molar-refractivity contribution < 1.29 is 4.39 Å². The predicted octanol–water partition coefficient (Wildman–Crippen LogP) is 3.57. The lowest BCUT2D eigenvalue weighted by Gasteiger charge is -2.08. The van der Waals surface area contributed by atoms with E-state index in [1.165, 1.54) is 12.1 Å². The van der Waals surface area contributed by atoms with Crippen LogP contribution in [0, 0.1) is 5.82 Å². The number of hydrogen-bond donors (Lipinski definition) is 1. The third-order valence-electron chi connectivity index (χ3n) is 2.13. The molecular formula is C11H10BrFN2. The van der Waals surface area contributed by atoms with Crippen molar-refractivity contribution in [3.63, 3.8) is 0 Å². The molecule has 0 bridgehead atoms. The van der Waals surface area contributed by atoms with Gasteiger partial charge in [0.25, 0.3) is 0 Å². The molecule has 2 rings (SSSR count). The largest absolute Gasteiger partial charge is 0.385 e. The first-order valence-corrected chi connectivity index (χ1v) is 5.49. The average molecular weight is 269 g/mol. The van der Waals surface area contributed by atoms with Gasteiger partial charge in [-0.05, 0) is 41.1 Å². The van der Waals surface area contributed by atoms with Crippen molar-refractivity contribution in [1.29, 1.82) is 0 Å². The third kappa shape index (κ3) is 1.95. The van der Waals surface area contributed by atoms with Crippen LogP contribution >= 0.6 is 15.9 Å². The molecular weight excluding hydrogens is 259 g/mol. The predicted molar refractivity (Wildman–Crippen MR) is 63.6 cm³/mol. The number of benzene rings is 1. The van der Waals surface area contributed by atoms with Gasteiger partial charge in [0.2, 0.25) is 0 Å². The summed E-state index contributed by atoms with van der Waals surface area (Å²) in [4.78, 5) is 4.21. The minimum Gasteiger partial charge on any atom is -0.385 e. The van der Waals surface area contributed by atoms with E-state index in [-0.39, 0.29) is 5.82 Å². The van der Waals surface area contributed by atoms with Crippen molar-refractivity contribution >= 4 is 32.5 Å². The lowest BCUT2D eigenvalue weighted by atomic mass is 10.2. The van der Waals surface area contributed by atoms with Crippen molar-refractivity contribution in [2.75, 3.05) is 11.9 Å². The van der Waals surface area contributed by atoms with E-state index >= 15 is 0 Å². The number of pyridine rings is 1. The quantitative estimate of drug-likeness (QED) is 0.901. The number of fused-ring (bicyclic) bond motifs is 1. The molecule has 1 aromatic carbocycles. The Labute approximate surface area is 95.6 Å². The molecule has 0 amide bonds. The number of rotatable bonds is 2. The fourth-order valence-electron chi connectivity index (χ4n) is 1.52. The van der Waals surface area contributed by atoms with Gasteiger partial charge in [-0.2, -0.15) is 0 Å². The molecule has 1 aromatic heterocycles. The number of hydrogen-bond acceptors (Lipinski definition) is 2. The molecule has 0 aliphatic rings. The summed E-state index contributed by atoms with van der Waals surface area (Å²) in [6.45, 7) is 2.80. The Hall–Kier alpha value is -1.16. The van der Waals surface area contributed by atoms with Gasteiger partial charge in [0.1, 0.15) is 5.82 Å². The summed E-state index contributed by atoms with van der Waals surface area (Å²) < 4.78 is 13.9. The maximum absolute atomic E-state index is 13.2. The molecule has 2 aromatic rings. The molecule has 0 radical (unpaired) electrons. The molecule has 0 aliphatic carbocycles. The van der Waals surface area contributed by atoms with Crippen molar-refractivity contribution in [3.05, 3.63) is 34.7 Å². The first-order chi connectivity index (χ1) is 7.22. The van der Waals surface area contributed by atoms with Gasteiger partial charge in [0.05, 0.1) is 5.52 Å². The van der Waals surface area contributed by atoms with Crippen LogP contribution in [0.2, 0.25) is 0 Å². The van der Waals surface area contributed by atoms with E-state index in [1.807, 2.05) is 13.0 Å². The third-order valence-corrected chi connectivity index (χ3v) is 2.73. The van der Waals surface area contributed by atoms with Crippen LogP contribution in [-0.2, 0) is 0 Å². The van der Waals surface area contributed by atoms with Crippen molar-refractivity contribution in [1.82, 2.24) is 4.98 Å². The molecule has 0 atom stereocenters. The monoisotopic (exact) mass is 268 g/mol. The maximum atomic E-state index is 13.2. The highest BCUT2D eigenvalue weighted by Gasteiger charge is 2.06. The number of nitrogens with one attached hydrogen (secondary N) is 1. The van der Waals surface area contributed by atoms with Crippen LogP contribution in [-0.4, -0.2) is 11.5 Å². The van der Waals surface area contributed by atoms with Crippen LogP contribution < -0.4 is 5.32 Å². The van der Waals surface area contributed by atoms with E-state index in [9.17, 15) is 4.39 Å². The summed E-state index contributed by atoms with van der Waals surface area (Å²) in [6.07, 6.45) is 1.71. The van der Waals surface area contributed by atoms with Gasteiger partial charge < -0.3 is 5.32 Å². The van der Waals surface area contributed by atoms with E-state index in [0.29, 0.717) is 4.47 Å². The lowest BCUT2D eigenvalue weighted by Crippen LogP contribution is -1.98. The SMILES string of the molecule is CCNc1ccnc2c(Br)cc(F)cc12. The minimum absolute atomic E-state index is 0.262.